The van der Waals surface area contributed by atoms with Crippen LogP contribution in [0.5, 0.6) is 0 Å². The summed E-state index contributed by atoms with van der Waals surface area (Å²) >= 11 is 4.51. The van der Waals surface area contributed by atoms with Gasteiger partial charge in [-0.15, -0.1) is 12.6 Å². The summed E-state index contributed by atoms with van der Waals surface area (Å²) in [5.41, 5.74) is 2.56. The highest BCUT2D eigenvalue weighted by Crippen LogP contribution is 2.30. The highest BCUT2D eigenvalue weighted by Gasteiger charge is 2.15. The fourth-order valence-electron chi connectivity index (χ4n) is 1.40. The fraction of sp³-hybridized carbons (Fsp3) is 0.200. The Balaban J connectivity index is 2.52. The van der Waals surface area contributed by atoms with Crippen molar-refractivity contribution in [2.45, 2.75) is 5.37 Å². The van der Waals surface area contributed by atoms with Crippen LogP contribution in [0.3, 0.4) is 0 Å². The van der Waals surface area contributed by atoms with Crippen molar-refractivity contribution >= 4 is 18.7 Å². The topological polar surface area (TPSA) is 3.24 Å². The standard InChI is InChI=1S/C10H11NS/c1-11-7-6-8-4-2-3-5-9(8)10(11)12/h2-7,10,12H,1H3. The summed E-state index contributed by atoms with van der Waals surface area (Å²) in [6.07, 6.45) is 4.17. The zero-order valence-corrected chi connectivity index (χ0v) is 7.83. The van der Waals surface area contributed by atoms with E-state index in [1.54, 1.807) is 0 Å². The molecule has 62 valence electrons. The second-order valence-corrected chi connectivity index (χ2v) is 3.47. The van der Waals surface area contributed by atoms with E-state index in [0.29, 0.717) is 0 Å². The minimum atomic E-state index is 0.200. The van der Waals surface area contributed by atoms with Gasteiger partial charge in [0.05, 0.1) is 5.37 Å². The first-order valence-corrected chi connectivity index (χ1v) is 4.48. The Kier molecular flexibility index (Phi) is 1.85. The van der Waals surface area contributed by atoms with Crippen molar-refractivity contribution in [1.29, 1.82) is 0 Å². The summed E-state index contributed by atoms with van der Waals surface area (Å²) in [6, 6.07) is 8.33. The van der Waals surface area contributed by atoms with Gasteiger partial charge < -0.3 is 4.90 Å². The van der Waals surface area contributed by atoms with Crippen LogP contribution in [-0.2, 0) is 0 Å². The summed E-state index contributed by atoms with van der Waals surface area (Å²) < 4.78 is 0. The molecule has 0 spiro atoms. The maximum atomic E-state index is 4.51. The minimum Gasteiger partial charge on any atom is -0.365 e. The number of benzene rings is 1. The smallest absolute Gasteiger partial charge is 0.0974 e. The van der Waals surface area contributed by atoms with Gasteiger partial charge in [-0.1, -0.05) is 24.3 Å². The van der Waals surface area contributed by atoms with Crippen molar-refractivity contribution in [3.05, 3.63) is 41.6 Å². The van der Waals surface area contributed by atoms with Crippen LogP contribution in [0.1, 0.15) is 16.5 Å². The molecule has 1 nitrogen and oxygen atoms in total. The van der Waals surface area contributed by atoms with Gasteiger partial charge in [0.2, 0.25) is 0 Å². The molecular weight excluding hydrogens is 166 g/mol. The highest BCUT2D eigenvalue weighted by molar-refractivity contribution is 7.80. The molecule has 1 heterocycles. The van der Waals surface area contributed by atoms with Crippen LogP contribution in [0, 0.1) is 0 Å². The maximum absolute atomic E-state index is 4.51. The SMILES string of the molecule is CN1C=Cc2ccccc2C1S. The molecule has 1 aliphatic rings. The quantitative estimate of drug-likeness (QED) is 0.596. The lowest BCUT2D eigenvalue weighted by atomic mass is 10.0. The number of hydrogen-bond donors (Lipinski definition) is 1. The molecule has 0 saturated carbocycles. The zero-order valence-electron chi connectivity index (χ0n) is 6.94. The van der Waals surface area contributed by atoms with E-state index < -0.39 is 0 Å². The molecule has 1 atom stereocenters. The van der Waals surface area contributed by atoms with E-state index in [4.69, 9.17) is 0 Å². The Labute approximate surface area is 78.1 Å². The summed E-state index contributed by atoms with van der Waals surface area (Å²) in [5, 5.41) is 0.200. The van der Waals surface area contributed by atoms with E-state index in [9.17, 15) is 0 Å². The van der Waals surface area contributed by atoms with Crippen molar-refractivity contribution in [2.24, 2.45) is 0 Å². The van der Waals surface area contributed by atoms with E-state index in [1.165, 1.54) is 11.1 Å². The van der Waals surface area contributed by atoms with Gasteiger partial charge in [-0.3, -0.25) is 0 Å². The van der Waals surface area contributed by atoms with E-state index in [2.05, 4.69) is 54.1 Å². The molecule has 1 aliphatic heterocycles. The zero-order chi connectivity index (χ0) is 8.55. The lowest BCUT2D eigenvalue weighted by Gasteiger charge is -2.27. The van der Waals surface area contributed by atoms with Gasteiger partial charge in [0.1, 0.15) is 0 Å². The van der Waals surface area contributed by atoms with Crippen molar-refractivity contribution in [2.75, 3.05) is 7.05 Å². The van der Waals surface area contributed by atoms with Crippen molar-refractivity contribution in [3.8, 4) is 0 Å². The molecule has 0 N–H and O–H groups in total. The number of thiol groups is 1. The molecule has 1 aromatic rings. The van der Waals surface area contributed by atoms with Crippen LogP contribution >= 0.6 is 12.6 Å². The summed E-state index contributed by atoms with van der Waals surface area (Å²) in [4.78, 5) is 2.09. The molecule has 0 radical (unpaired) electrons. The Hall–Kier alpha value is -0.890. The first-order valence-electron chi connectivity index (χ1n) is 3.96. The summed E-state index contributed by atoms with van der Waals surface area (Å²) in [6.45, 7) is 0. The predicted molar refractivity (Wildman–Crippen MR) is 55.0 cm³/mol. The molecule has 12 heavy (non-hydrogen) atoms. The molecule has 2 rings (SSSR count). The molecule has 1 aromatic carbocycles. The van der Waals surface area contributed by atoms with Crippen LogP contribution in [0.15, 0.2) is 30.5 Å². The normalized spacial score (nSPS) is 20.8. The third-order valence-corrected chi connectivity index (χ3v) is 2.79. The molecule has 1 unspecified atom stereocenters. The minimum absolute atomic E-state index is 0.200. The third-order valence-electron chi connectivity index (χ3n) is 2.15. The lowest BCUT2D eigenvalue weighted by molar-refractivity contribution is 0.438. The van der Waals surface area contributed by atoms with Crippen LogP contribution in [-0.4, -0.2) is 11.9 Å². The van der Waals surface area contributed by atoms with Crippen molar-refractivity contribution in [3.63, 3.8) is 0 Å². The Bertz CT molecular complexity index is 319. The number of nitrogens with zero attached hydrogens (tertiary/aromatic N) is 1. The molecular formula is C10H11NS. The number of fused-ring (bicyclic) bond motifs is 1. The first-order chi connectivity index (χ1) is 5.79. The van der Waals surface area contributed by atoms with Crippen LogP contribution in [0.2, 0.25) is 0 Å². The molecule has 0 aliphatic carbocycles. The van der Waals surface area contributed by atoms with Gasteiger partial charge in [0.25, 0.3) is 0 Å². The second kappa shape index (κ2) is 2.87. The predicted octanol–water partition coefficient (Wildman–Crippen LogP) is 2.53. The van der Waals surface area contributed by atoms with Crippen molar-refractivity contribution in [1.82, 2.24) is 4.90 Å². The van der Waals surface area contributed by atoms with Crippen LogP contribution < -0.4 is 0 Å². The molecule has 0 bridgehead atoms. The second-order valence-electron chi connectivity index (χ2n) is 2.98. The summed E-state index contributed by atoms with van der Waals surface area (Å²) in [5.74, 6) is 0. The Morgan fingerprint density at radius 3 is 2.92 bits per heavy atom. The molecule has 0 fully saturated rings. The first kappa shape index (κ1) is 7.74. The Morgan fingerprint density at radius 2 is 2.08 bits per heavy atom. The van der Waals surface area contributed by atoms with Gasteiger partial charge in [-0.2, -0.15) is 0 Å². The van der Waals surface area contributed by atoms with Crippen molar-refractivity contribution < 1.29 is 0 Å². The van der Waals surface area contributed by atoms with Crippen LogP contribution in [0.4, 0.5) is 0 Å². The number of hydrogen-bond acceptors (Lipinski definition) is 2. The fourth-order valence-corrected chi connectivity index (χ4v) is 1.71. The van der Waals surface area contributed by atoms with Gasteiger partial charge in [0, 0.05) is 13.2 Å². The average Bonchev–Trinajstić information content (AvgIpc) is 2.12. The van der Waals surface area contributed by atoms with Gasteiger partial charge in [0.15, 0.2) is 0 Å². The number of rotatable bonds is 0. The Morgan fingerprint density at radius 1 is 1.33 bits per heavy atom. The molecule has 0 amide bonds. The average molecular weight is 177 g/mol. The lowest BCUT2D eigenvalue weighted by Crippen LogP contribution is -2.17. The van der Waals surface area contributed by atoms with Gasteiger partial charge in [-0.05, 0) is 17.2 Å². The maximum Gasteiger partial charge on any atom is 0.0974 e. The van der Waals surface area contributed by atoms with E-state index >= 15 is 0 Å². The van der Waals surface area contributed by atoms with E-state index in [1.807, 2.05) is 7.05 Å². The molecule has 0 saturated heterocycles. The van der Waals surface area contributed by atoms with Gasteiger partial charge in [-0.25, -0.2) is 0 Å². The van der Waals surface area contributed by atoms with Gasteiger partial charge >= 0.3 is 0 Å². The summed E-state index contributed by atoms with van der Waals surface area (Å²) in [7, 11) is 2.03. The third kappa shape index (κ3) is 1.12. The largest absolute Gasteiger partial charge is 0.365 e. The monoisotopic (exact) mass is 177 g/mol. The molecule has 0 aromatic heterocycles. The van der Waals surface area contributed by atoms with E-state index in [0.717, 1.165) is 0 Å². The molecule has 2 heteroatoms. The highest BCUT2D eigenvalue weighted by atomic mass is 32.1. The van der Waals surface area contributed by atoms with E-state index in [-0.39, 0.29) is 5.37 Å². The van der Waals surface area contributed by atoms with Crippen LogP contribution in [0.25, 0.3) is 6.08 Å².